The molecule has 2 heterocycles. The van der Waals surface area contributed by atoms with Crippen molar-refractivity contribution in [1.82, 2.24) is 9.55 Å². The van der Waals surface area contributed by atoms with Crippen LogP contribution in [0.4, 0.5) is 0 Å². The lowest BCUT2D eigenvalue weighted by molar-refractivity contribution is 0.438. The molecule has 0 N–H and O–H groups in total. The van der Waals surface area contributed by atoms with Crippen molar-refractivity contribution in [3.05, 3.63) is 27.6 Å². The molecule has 0 atom stereocenters. The van der Waals surface area contributed by atoms with Crippen LogP contribution in [0.25, 0.3) is 11.0 Å². The van der Waals surface area contributed by atoms with Crippen molar-refractivity contribution in [1.29, 1.82) is 0 Å². The first-order chi connectivity index (χ1) is 8.95. The van der Waals surface area contributed by atoms with Gasteiger partial charge in [0.05, 0.1) is 0 Å². The molecule has 0 fully saturated rings. The van der Waals surface area contributed by atoms with Gasteiger partial charge in [-0.25, -0.2) is 4.79 Å². The molecule has 0 amide bonds. The molecule has 0 unspecified atom stereocenters. The molecule has 4 heteroatoms. The number of hydrogen-bond acceptors (Lipinski definition) is 3. The van der Waals surface area contributed by atoms with Crippen molar-refractivity contribution < 1.29 is 4.42 Å². The van der Waals surface area contributed by atoms with Gasteiger partial charge in [0, 0.05) is 18.7 Å². The van der Waals surface area contributed by atoms with Crippen molar-refractivity contribution in [3.63, 3.8) is 0 Å². The second-order valence-corrected chi connectivity index (χ2v) is 5.56. The van der Waals surface area contributed by atoms with Crippen molar-refractivity contribution in [3.8, 4) is 0 Å². The first kappa shape index (κ1) is 13.8. The summed E-state index contributed by atoms with van der Waals surface area (Å²) in [6.07, 6.45) is 1.63. The number of nitrogens with zero attached hydrogens (tertiary/aromatic N) is 2. The Morgan fingerprint density at radius 2 is 2.00 bits per heavy atom. The van der Waals surface area contributed by atoms with Crippen LogP contribution in [0.1, 0.15) is 44.3 Å². The van der Waals surface area contributed by atoms with Crippen LogP contribution in [0.3, 0.4) is 0 Å². The van der Waals surface area contributed by atoms with Crippen LogP contribution in [0.15, 0.2) is 9.21 Å². The Hall–Kier alpha value is -1.58. The normalized spacial score (nSPS) is 11.7. The van der Waals surface area contributed by atoms with E-state index in [1.165, 1.54) is 0 Å². The topological polar surface area (TPSA) is 48.0 Å². The second-order valence-electron chi connectivity index (χ2n) is 5.56. The molecule has 19 heavy (non-hydrogen) atoms. The molecule has 0 aromatic carbocycles. The van der Waals surface area contributed by atoms with E-state index in [1.807, 2.05) is 13.8 Å². The van der Waals surface area contributed by atoms with Gasteiger partial charge in [0.1, 0.15) is 5.39 Å². The third kappa shape index (κ3) is 2.44. The quantitative estimate of drug-likeness (QED) is 0.850. The highest BCUT2D eigenvalue weighted by atomic mass is 16.4. The average Bonchev–Trinajstić information content (AvgIpc) is 2.55. The summed E-state index contributed by atoms with van der Waals surface area (Å²) in [6.45, 7) is 11.3. The standard InChI is InChI=1S/C15H22N2O2/c1-6-7-12-16-14-13(15(18)19-12)10(4)11(5)17(14)8-9(2)3/h9H,6-8H2,1-5H3. The molecule has 0 saturated heterocycles. The van der Waals surface area contributed by atoms with E-state index in [0.29, 0.717) is 23.6 Å². The lowest BCUT2D eigenvalue weighted by Gasteiger charge is -2.10. The molecule has 2 rings (SSSR count). The van der Waals surface area contributed by atoms with Gasteiger partial charge in [-0.1, -0.05) is 20.8 Å². The van der Waals surface area contributed by atoms with E-state index in [4.69, 9.17) is 4.42 Å². The number of fused-ring (bicyclic) bond motifs is 1. The zero-order valence-corrected chi connectivity index (χ0v) is 12.4. The molecule has 2 aromatic rings. The molecule has 4 nitrogen and oxygen atoms in total. The highest BCUT2D eigenvalue weighted by Crippen LogP contribution is 2.22. The number of aryl methyl sites for hydroxylation is 2. The molecule has 2 aromatic heterocycles. The van der Waals surface area contributed by atoms with E-state index >= 15 is 0 Å². The van der Waals surface area contributed by atoms with Gasteiger partial charge in [-0.15, -0.1) is 0 Å². The van der Waals surface area contributed by atoms with Gasteiger partial charge in [0.25, 0.3) is 0 Å². The smallest absolute Gasteiger partial charge is 0.348 e. The first-order valence-electron chi connectivity index (χ1n) is 6.95. The Balaban J connectivity index is 2.73. The van der Waals surface area contributed by atoms with Crippen molar-refractivity contribution >= 4 is 11.0 Å². The summed E-state index contributed by atoms with van der Waals surface area (Å²) in [5.74, 6) is 1.06. The molecule has 0 bridgehead atoms. The molecule has 0 spiro atoms. The van der Waals surface area contributed by atoms with Gasteiger partial charge in [0.15, 0.2) is 5.65 Å². The monoisotopic (exact) mass is 262 g/mol. The Morgan fingerprint density at radius 1 is 1.32 bits per heavy atom. The summed E-state index contributed by atoms with van der Waals surface area (Å²) in [5.41, 5.74) is 2.62. The van der Waals surface area contributed by atoms with Crippen LogP contribution in [-0.4, -0.2) is 9.55 Å². The number of hydrogen-bond donors (Lipinski definition) is 0. The highest BCUT2D eigenvalue weighted by Gasteiger charge is 2.18. The van der Waals surface area contributed by atoms with Crippen LogP contribution in [0.5, 0.6) is 0 Å². The minimum atomic E-state index is -0.253. The molecule has 0 aliphatic heterocycles. The fourth-order valence-corrected chi connectivity index (χ4v) is 2.41. The first-order valence-corrected chi connectivity index (χ1v) is 6.95. The Kier molecular flexibility index (Phi) is 3.78. The van der Waals surface area contributed by atoms with E-state index in [2.05, 4.69) is 30.3 Å². The van der Waals surface area contributed by atoms with Crippen LogP contribution < -0.4 is 5.63 Å². The number of aromatic nitrogens is 2. The van der Waals surface area contributed by atoms with Crippen LogP contribution in [0, 0.1) is 19.8 Å². The van der Waals surface area contributed by atoms with E-state index in [1.54, 1.807) is 0 Å². The maximum absolute atomic E-state index is 12.1. The van der Waals surface area contributed by atoms with Crippen molar-refractivity contribution in [2.75, 3.05) is 0 Å². The third-order valence-corrected chi connectivity index (χ3v) is 3.46. The molecule has 0 radical (unpaired) electrons. The third-order valence-electron chi connectivity index (χ3n) is 3.46. The molecule has 0 aliphatic carbocycles. The molecule has 0 saturated carbocycles. The van der Waals surface area contributed by atoms with Crippen LogP contribution >= 0.6 is 0 Å². The zero-order valence-electron chi connectivity index (χ0n) is 12.4. The summed E-state index contributed by atoms with van der Waals surface area (Å²) in [5, 5.41) is 0.637. The van der Waals surface area contributed by atoms with E-state index < -0.39 is 0 Å². The van der Waals surface area contributed by atoms with Gasteiger partial charge in [-0.3, -0.25) is 0 Å². The van der Waals surface area contributed by atoms with Crippen LogP contribution in [-0.2, 0) is 13.0 Å². The summed E-state index contributed by atoms with van der Waals surface area (Å²) >= 11 is 0. The summed E-state index contributed by atoms with van der Waals surface area (Å²) in [6, 6.07) is 0. The largest absolute Gasteiger partial charge is 0.408 e. The van der Waals surface area contributed by atoms with Gasteiger partial charge in [-0.2, -0.15) is 4.98 Å². The fraction of sp³-hybridized carbons (Fsp3) is 0.600. The zero-order chi connectivity index (χ0) is 14.2. The fourth-order valence-electron chi connectivity index (χ4n) is 2.41. The van der Waals surface area contributed by atoms with Gasteiger partial charge in [0.2, 0.25) is 5.89 Å². The van der Waals surface area contributed by atoms with Crippen LogP contribution in [0.2, 0.25) is 0 Å². The van der Waals surface area contributed by atoms with E-state index in [9.17, 15) is 4.79 Å². The molecular weight excluding hydrogens is 240 g/mol. The van der Waals surface area contributed by atoms with Crippen molar-refractivity contribution in [2.45, 2.75) is 54.0 Å². The Bertz CT molecular complexity index is 650. The lowest BCUT2D eigenvalue weighted by Crippen LogP contribution is -2.10. The predicted octanol–water partition coefficient (Wildman–Crippen LogP) is 3.21. The summed E-state index contributed by atoms with van der Waals surface area (Å²) < 4.78 is 7.45. The van der Waals surface area contributed by atoms with Crippen molar-refractivity contribution in [2.24, 2.45) is 5.92 Å². The lowest BCUT2D eigenvalue weighted by atomic mass is 10.2. The average molecular weight is 262 g/mol. The van der Waals surface area contributed by atoms with Gasteiger partial charge >= 0.3 is 5.63 Å². The molecule has 104 valence electrons. The molecule has 0 aliphatic rings. The van der Waals surface area contributed by atoms with E-state index in [0.717, 1.165) is 29.9 Å². The Labute approximate surface area is 113 Å². The van der Waals surface area contributed by atoms with Gasteiger partial charge < -0.3 is 8.98 Å². The molecular formula is C15H22N2O2. The summed E-state index contributed by atoms with van der Waals surface area (Å²) in [7, 11) is 0. The second kappa shape index (κ2) is 5.19. The van der Waals surface area contributed by atoms with E-state index in [-0.39, 0.29) is 5.63 Å². The number of rotatable bonds is 4. The maximum atomic E-state index is 12.1. The SMILES string of the molecule is CCCc1nc2c(c(C)c(C)n2CC(C)C)c(=O)o1. The maximum Gasteiger partial charge on any atom is 0.348 e. The predicted molar refractivity (Wildman–Crippen MR) is 76.6 cm³/mol. The minimum Gasteiger partial charge on any atom is -0.408 e. The highest BCUT2D eigenvalue weighted by molar-refractivity contribution is 5.80. The van der Waals surface area contributed by atoms with Gasteiger partial charge in [-0.05, 0) is 31.7 Å². The summed E-state index contributed by atoms with van der Waals surface area (Å²) in [4.78, 5) is 16.7. The minimum absolute atomic E-state index is 0.253. The Morgan fingerprint density at radius 3 is 2.58 bits per heavy atom.